The van der Waals surface area contributed by atoms with Gasteiger partial charge in [-0.05, 0) is 0 Å². The van der Waals surface area contributed by atoms with Gasteiger partial charge in [-0.1, -0.05) is 0 Å². The van der Waals surface area contributed by atoms with Crippen LogP contribution in [-0.2, 0) is 44.8 Å². The fourth-order valence-corrected chi connectivity index (χ4v) is 0. The van der Waals surface area contributed by atoms with Gasteiger partial charge < -0.3 is 11.8 Å². The molecular weight excluding hydrogens is 281 g/mol. The molecule has 5 heavy (non-hydrogen) atoms. The Morgan fingerprint density at radius 1 is 1.20 bits per heavy atom. The van der Waals surface area contributed by atoms with Gasteiger partial charge in [0.2, 0.25) is 0 Å². The van der Waals surface area contributed by atoms with E-state index in [1.54, 1.807) is 0 Å². The maximum atomic E-state index is 6.25. The van der Waals surface area contributed by atoms with E-state index in [1.807, 2.05) is 0 Å². The summed E-state index contributed by atoms with van der Waals surface area (Å²) in [6.07, 6.45) is 0. The van der Waals surface area contributed by atoms with Crippen molar-refractivity contribution in [3.05, 3.63) is 6.57 Å². The van der Waals surface area contributed by atoms with Crippen molar-refractivity contribution in [3.8, 4) is 0 Å². The van der Waals surface area contributed by atoms with Gasteiger partial charge in [-0.3, -0.25) is 0 Å². The summed E-state index contributed by atoms with van der Waals surface area (Å²) in [5.74, 6) is 0. The van der Waals surface area contributed by atoms with Gasteiger partial charge in [0.1, 0.15) is 0 Å². The summed E-state index contributed by atoms with van der Waals surface area (Å²) >= 11 is 0. The van der Waals surface area contributed by atoms with E-state index in [1.165, 1.54) is 0 Å². The van der Waals surface area contributed by atoms with Crippen LogP contribution in [-0.4, -0.2) is 51.4 Å². The normalized spacial score (nSPS) is 0.400. The SMILES string of the molecule is [Ag+].[Ag].[C-]#N.[K]. The Morgan fingerprint density at radius 3 is 1.20 bits per heavy atom. The van der Waals surface area contributed by atoms with E-state index in [2.05, 4.69) is 0 Å². The Hall–Kier alpha value is 2.61. The summed E-state index contributed by atoms with van der Waals surface area (Å²) in [7, 11) is 0. The third-order valence-electron chi connectivity index (χ3n) is 0. The van der Waals surface area contributed by atoms with E-state index in [0.29, 0.717) is 0 Å². The number of rotatable bonds is 0. The zero-order chi connectivity index (χ0) is 2.00. The molecule has 0 heterocycles. The first-order chi connectivity index (χ1) is 1.00. The molecule has 0 amide bonds. The Labute approximate surface area is 105 Å². The summed E-state index contributed by atoms with van der Waals surface area (Å²) in [6.45, 7) is 4.75. The van der Waals surface area contributed by atoms with Crippen LogP contribution >= 0.6 is 0 Å². The van der Waals surface area contributed by atoms with Gasteiger partial charge in [-0.2, -0.15) is 0 Å². The predicted molar refractivity (Wildman–Crippen MR) is 10.7 cm³/mol. The van der Waals surface area contributed by atoms with E-state index in [4.69, 9.17) is 11.8 Å². The van der Waals surface area contributed by atoms with Gasteiger partial charge in [0.15, 0.2) is 0 Å². The summed E-state index contributed by atoms with van der Waals surface area (Å²) < 4.78 is 0. The third kappa shape index (κ3) is 20.6. The maximum Gasteiger partial charge on any atom is 1.00 e. The molecule has 0 aliphatic carbocycles. The van der Waals surface area contributed by atoms with Crippen LogP contribution in [0.1, 0.15) is 0 Å². The van der Waals surface area contributed by atoms with Crippen LogP contribution in [0.5, 0.6) is 0 Å². The molecule has 0 saturated heterocycles. The summed E-state index contributed by atoms with van der Waals surface area (Å²) in [5.41, 5.74) is 0. The van der Waals surface area contributed by atoms with Crippen molar-refractivity contribution in [1.82, 2.24) is 0 Å². The molecule has 32 valence electrons. The van der Waals surface area contributed by atoms with E-state index >= 15 is 0 Å². The van der Waals surface area contributed by atoms with Crippen molar-refractivity contribution in [3.63, 3.8) is 0 Å². The van der Waals surface area contributed by atoms with Crippen LogP contribution in [0.15, 0.2) is 0 Å². The molecule has 4 heteroatoms. The van der Waals surface area contributed by atoms with Crippen molar-refractivity contribution in [2.24, 2.45) is 0 Å². The minimum absolute atomic E-state index is 0. The molecule has 0 saturated carbocycles. The van der Waals surface area contributed by atoms with Crippen molar-refractivity contribution >= 4 is 51.4 Å². The molecule has 0 aliphatic heterocycles. The number of hydrogen-bond donors (Lipinski definition) is 0. The first-order valence-corrected chi connectivity index (χ1v) is 0.224. The van der Waals surface area contributed by atoms with Gasteiger partial charge in [-0.25, -0.2) is 0 Å². The van der Waals surface area contributed by atoms with Crippen LogP contribution in [0.3, 0.4) is 0 Å². The van der Waals surface area contributed by atoms with Gasteiger partial charge in [0, 0.05) is 73.8 Å². The first-order valence-electron chi connectivity index (χ1n) is 0.224. The van der Waals surface area contributed by atoms with Crippen LogP contribution in [0, 0.1) is 11.8 Å². The van der Waals surface area contributed by atoms with Crippen LogP contribution in [0.2, 0.25) is 0 Å². The van der Waals surface area contributed by atoms with Crippen molar-refractivity contribution < 1.29 is 44.8 Å². The molecule has 0 aromatic rings. The monoisotopic (exact) mass is 279 g/mol. The molecule has 0 rings (SSSR count). The minimum Gasteiger partial charge on any atom is -0.512 e. The smallest absolute Gasteiger partial charge is 0.512 e. The van der Waals surface area contributed by atoms with Crippen molar-refractivity contribution in [2.75, 3.05) is 0 Å². The Morgan fingerprint density at radius 2 is 1.20 bits per heavy atom. The van der Waals surface area contributed by atoms with Crippen molar-refractivity contribution in [1.29, 1.82) is 5.26 Å². The van der Waals surface area contributed by atoms with Gasteiger partial charge in [0.25, 0.3) is 0 Å². The molecule has 1 nitrogen and oxygen atoms in total. The van der Waals surface area contributed by atoms with E-state index in [0.717, 1.165) is 0 Å². The zero-order valence-electron chi connectivity index (χ0n) is 2.55. The summed E-state index contributed by atoms with van der Waals surface area (Å²) in [6, 6.07) is 0. The average molecular weight is 281 g/mol. The molecule has 0 fully saturated rings. The molecule has 0 spiro atoms. The maximum absolute atomic E-state index is 6.25. The molecule has 0 bridgehead atoms. The second-order valence-electron chi connectivity index (χ2n) is 0. The molecule has 0 aliphatic rings. The Kier molecular flexibility index (Phi) is 156. The Balaban J connectivity index is -0.00000000167. The van der Waals surface area contributed by atoms with E-state index < -0.39 is 0 Å². The average Bonchev–Trinajstić information content (AvgIpc) is 1.00. The number of hydrogen-bond acceptors (Lipinski definition) is 1. The van der Waals surface area contributed by atoms with Crippen LogP contribution in [0.4, 0.5) is 0 Å². The van der Waals surface area contributed by atoms with E-state index in [-0.39, 0.29) is 96.1 Å². The fraction of sp³-hybridized carbons (Fsp3) is 0. The van der Waals surface area contributed by atoms with Gasteiger partial charge in [-0.15, -0.1) is 0 Å². The van der Waals surface area contributed by atoms with Crippen LogP contribution < -0.4 is 0 Å². The third-order valence-corrected chi connectivity index (χ3v) is 0. The van der Waals surface area contributed by atoms with Gasteiger partial charge in [0.05, 0.1) is 0 Å². The Bertz CT molecular complexity index is 14.4. The van der Waals surface area contributed by atoms with Crippen molar-refractivity contribution in [2.45, 2.75) is 0 Å². The second-order valence-corrected chi connectivity index (χ2v) is 0. The summed E-state index contributed by atoms with van der Waals surface area (Å²) in [5, 5.41) is 6.25. The second kappa shape index (κ2) is 30.6. The fourth-order valence-electron chi connectivity index (χ4n) is 0. The summed E-state index contributed by atoms with van der Waals surface area (Å²) in [4.78, 5) is 0. The first kappa shape index (κ1) is 25.5. The topological polar surface area (TPSA) is 23.8 Å². The molecule has 0 aromatic carbocycles. The zero-order valence-corrected chi connectivity index (χ0v) is 8.64. The van der Waals surface area contributed by atoms with Gasteiger partial charge >= 0.3 is 22.4 Å². The van der Waals surface area contributed by atoms with Crippen LogP contribution in [0.25, 0.3) is 0 Å². The standard InChI is InChI=1S/CN.2Ag.K/c1-2;;;/q-1;;+1;. The molecule has 0 N–H and O–H groups in total. The molecule has 2 radical (unpaired) electrons. The molecule has 0 unspecified atom stereocenters. The minimum atomic E-state index is 0. The van der Waals surface area contributed by atoms with E-state index in [9.17, 15) is 0 Å². The molecular formula is CAg2KN. The quantitative estimate of drug-likeness (QED) is 0.442. The number of nitrogens with zero attached hydrogens (tertiary/aromatic N) is 1. The largest absolute Gasteiger partial charge is 1.00 e. The predicted octanol–water partition coefficient (Wildman–Crippen LogP) is -0.289. The molecule has 0 aromatic heterocycles. The molecule has 0 atom stereocenters.